The van der Waals surface area contributed by atoms with Gasteiger partial charge in [0.25, 0.3) is 0 Å². The Hall–Kier alpha value is -1.80. The zero-order chi connectivity index (χ0) is 19.6. The van der Waals surface area contributed by atoms with Crippen molar-refractivity contribution in [3.05, 3.63) is 29.3 Å². The molecule has 2 N–H and O–H groups in total. The van der Waals surface area contributed by atoms with Crippen molar-refractivity contribution < 1.29 is 13.2 Å². The van der Waals surface area contributed by atoms with Crippen molar-refractivity contribution in [3.63, 3.8) is 0 Å². The fourth-order valence-electron chi connectivity index (χ4n) is 2.59. The van der Waals surface area contributed by atoms with E-state index < -0.39 is 10.0 Å². The molecule has 0 aliphatic heterocycles. The van der Waals surface area contributed by atoms with Crippen molar-refractivity contribution in [2.24, 2.45) is 4.99 Å². The van der Waals surface area contributed by atoms with Crippen LogP contribution in [0.25, 0.3) is 0 Å². The summed E-state index contributed by atoms with van der Waals surface area (Å²) in [6.45, 7) is 6.26. The average Bonchev–Trinajstić information content (AvgIpc) is 2.60. The second-order valence-corrected chi connectivity index (χ2v) is 8.07. The normalized spacial score (nSPS) is 12.3. The number of nitrogens with one attached hydrogen (secondary N) is 2. The summed E-state index contributed by atoms with van der Waals surface area (Å²) in [5, 5.41) is 6.48. The minimum absolute atomic E-state index is 0.492. The number of rotatable bonds is 10. The standard InChI is InChI=1S/C18H32N4O3S/c1-6-22(26(5,23)24)13-7-11-20-18(19-3)21-12-10-16-9-8-15(2)17(14-16)25-4/h8-9,14H,6-7,10-13H2,1-5H3,(H2,19,20,21). The lowest BCUT2D eigenvalue weighted by atomic mass is 10.1. The highest BCUT2D eigenvalue weighted by molar-refractivity contribution is 7.88. The Bertz CT molecular complexity index is 690. The molecule has 0 saturated heterocycles. The highest BCUT2D eigenvalue weighted by Crippen LogP contribution is 2.18. The molecule has 0 heterocycles. The summed E-state index contributed by atoms with van der Waals surface area (Å²) in [4.78, 5) is 4.19. The molecule has 0 aliphatic carbocycles. The molecular formula is C18H32N4O3S. The predicted molar refractivity (Wildman–Crippen MR) is 108 cm³/mol. The van der Waals surface area contributed by atoms with E-state index >= 15 is 0 Å². The molecule has 0 amide bonds. The number of benzene rings is 1. The molecule has 0 radical (unpaired) electrons. The maximum Gasteiger partial charge on any atom is 0.211 e. The average molecular weight is 385 g/mol. The van der Waals surface area contributed by atoms with Crippen LogP contribution in [0.5, 0.6) is 5.75 Å². The third-order valence-corrected chi connectivity index (χ3v) is 5.48. The lowest BCUT2D eigenvalue weighted by Gasteiger charge is -2.18. The van der Waals surface area contributed by atoms with Gasteiger partial charge in [-0.1, -0.05) is 19.1 Å². The first kappa shape index (κ1) is 22.2. The van der Waals surface area contributed by atoms with Gasteiger partial charge >= 0.3 is 0 Å². The van der Waals surface area contributed by atoms with Crippen LogP contribution in [0, 0.1) is 6.92 Å². The molecule has 0 saturated carbocycles. The zero-order valence-corrected chi connectivity index (χ0v) is 17.3. The molecule has 1 aromatic rings. The van der Waals surface area contributed by atoms with E-state index in [1.165, 1.54) is 16.1 Å². The van der Waals surface area contributed by atoms with Crippen molar-refractivity contribution in [2.75, 3.05) is 46.6 Å². The van der Waals surface area contributed by atoms with Crippen LogP contribution in [-0.2, 0) is 16.4 Å². The van der Waals surface area contributed by atoms with Crippen LogP contribution in [0.1, 0.15) is 24.5 Å². The smallest absolute Gasteiger partial charge is 0.211 e. The van der Waals surface area contributed by atoms with Gasteiger partial charge in [-0.25, -0.2) is 12.7 Å². The van der Waals surface area contributed by atoms with Crippen LogP contribution < -0.4 is 15.4 Å². The van der Waals surface area contributed by atoms with Gasteiger partial charge in [-0.2, -0.15) is 0 Å². The first-order valence-electron chi connectivity index (χ1n) is 8.85. The Morgan fingerprint density at radius 3 is 2.54 bits per heavy atom. The number of aryl methyl sites for hydroxylation is 1. The topological polar surface area (TPSA) is 83.0 Å². The number of guanidine groups is 1. The Morgan fingerprint density at radius 2 is 1.96 bits per heavy atom. The van der Waals surface area contributed by atoms with Crippen LogP contribution >= 0.6 is 0 Å². The van der Waals surface area contributed by atoms with Crippen molar-refractivity contribution in [1.82, 2.24) is 14.9 Å². The summed E-state index contributed by atoms with van der Waals surface area (Å²) in [5.41, 5.74) is 2.32. The first-order chi connectivity index (χ1) is 12.3. The number of hydrogen-bond donors (Lipinski definition) is 2. The fraction of sp³-hybridized carbons (Fsp3) is 0.611. The number of methoxy groups -OCH3 is 1. The molecule has 148 valence electrons. The number of ether oxygens (including phenoxy) is 1. The molecule has 0 aliphatic rings. The first-order valence-corrected chi connectivity index (χ1v) is 10.7. The van der Waals surface area contributed by atoms with Gasteiger partial charge in [0.2, 0.25) is 10.0 Å². The van der Waals surface area contributed by atoms with Gasteiger partial charge in [0.05, 0.1) is 13.4 Å². The van der Waals surface area contributed by atoms with Crippen molar-refractivity contribution in [3.8, 4) is 5.75 Å². The summed E-state index contributed by atoms with van der Waals surface area (Å²) in [6.07, 6.45) is 2.82. The van der Waals surface area contributed by atoms with Crippen LogP contribution in [0.15, 0.2) is 23.2 Å². The fourth-order valence-corrected chi connectivity index (χ4v) is 3.52. The molecule has 0 spiro atoms. The van der Waals surface area contributed by atoms with E-state index in [0.29, 0.717) is 25.6 Å². The monoisotopic (exact) mass is 384 g/mol. The van der Waals surface area contributed by atoms with Crippen LogP contribution in [0.4, 0.5) is 0 Å². The molecule has 1 aromatic carbocycles. The molecule has 0 bridgehead atoms. The molecule has 8 heteroatoms. The Kier molecular flexibility index (Phi) is 9.43. The van der Waals surface area contributed by atoms with Gasteiger partial charge in [0, 0.05) is 33.2 Å². The highest BCUT2D eigenvalue weighted by Gasteiger charge is 2.13. The SMILES string of the molecule is CCN(CCCNC(=NC)NCCc1ccc(C)c(OC)c1)S(C)(=O)=O. The molecule has 0 atom stereocenters. The van der Waals surface area contributed by atoms with E-state index in [-0.39, 0.29) is 0 Å². The Morgan fingerprint density at radius 1 is 1.27 bits per heavy atom. The van der Waals surface area contributed by atoms with E-state index in [1.807, 2.05) is 13.8 Å². The number of nitrogens with zero attached hydrogens (tertiary/aromatic N) is 2. The van der Waals surface area contributed by atoms with E-state index in [1.54, 1.807) is 14.2 Å². The van der Waals surface area contributed by atoms with Crippen LogP contribution in [-0.4, -0.2) is 65.3 Å². The van der Waals surface area contributed by atoms with Gasteiger partial charge in [-0.15, -0.1) is 0 Å². The summed E-state index contributed by atoms with van der Waals surface area (Å²) in [7, 11) is 0.276. The number of hydrogen-bond acceptors (Lipinski definition) is 4. The highest BCUT2D eigenvalue weighted by atomic mass is 32.2. The van der Waals surface area contributed by atoms with Gasteiger partial charge in [-0.3, -0.25) is 4.99 Å². The summed E-state index contributed by atoms with van der Waals surface area (Å²) >= 11 is 0. The molecule has 0 fully saturated rings. The minimum atomic E-state index is -3.13. The Labute approximate surface area is 157 Å². The minimum Gasteiger partial charge on any atom is -0.496 e. The lowest BCUT2D eigenvalue weighted by Crippen LogP contribution is -2.40. The molecule has 7 nitrogen and oxygen atoms in total. The number of aliphatic imine (C=N–C) groups is 1. The summed E-state index contributed by atoms with van der Waals surface area (Å²) < 4.78 is 29.9. The second-order valence-electron chi connectivity index (χ2n) is 6.09. The predicted octanol–water partition coefficient (Wildman–Crippen LogP) is 1.38. The molecule has 0 aromatic heterocycles. The van der Waals surface area contributed by atoms with Gasteiger partial charge < -0.3 is 15.4 Å². The maximum atomic E-state index is 11.6. The van der Waals surface area contributed by atoms with Crippen molar-refractivity contribution in [2.45, 2.75) is 26.7 Å². The van der Waals surface area contributed by atoms with Crippen LogP contribution in [0.2, 0.25) is 0 Å². The van der Waals surface area contributed by atoms with Crippen molar-refractivity contribution >= 4 is 16.0 Å². The van der Waals surface area contributed by atoms with Gasteiger partial charge in [-0.05, 0) is 37.0 Å². The van der Waals surface area contributed by atoms with Gasteiger partial charge in [0.15, 0.2) is 5.96 Å². The molecule has 0 unspecified atom stereocenters. The zero-order valence-electron chi connectivity index (χ0n) is 16.5. The number of sulfonamides is 1. The van der Waals surface area contributed by atoms with Crippen molar-refractivity contribution in [1.29, 1.82) is 0 Å². The van der Waals surface area contributed by atoms with E-state index in [9.17, 15) is 8.42 Å². The second kappa shape index (κ2) is 11.0. The lowest BCUT2D eigenvalue weighted by molar-refractivity contribution is 0.411. The molecule has 1 rings (SSSR count). The third-order valence-electron chi connectivity index (χ3n) is 4.10. The molecular weight excluding hydrogens is 352 g/mol. The van der Waals surface area contributed by atoms with E-state index in [0.717, 1.165) is 30.7 Å². The maximum absolute atomic E-state index is 11.6. The van der Waals surface area contributed by atoms with E-state index in [4.69, 9.17) is 4.74 Å². The third kappa shape index (κ3) is 7.61. The summed E-state index contributed by atoms with van der Waals surface area (Å²) in [6, 6.07) is 6.21. The molecule has 26 heavy (non-hydrogen) atoms. The Balaban J connectivity index is 2.35. The quantitative estimate of drug-likeness (QED) is 0.362. The van der Waals surface area contributed by atoms with Gasteiger partial charge in [0.1, 0.15) is 5.75 Å². The van der Waals surface area contributed by atoms with Crippen LogP contribution in [0.3, 0.4) is 0 Å². The largest absolute Gasteiger partial charge is 0.496 e. The summed E-state index contributed by atoms with van der Waals surface area (Å²) in [5.74, 6) is 1.61. The van der Waals surface area contributed by atoms with E-state index in [2.05, 4.69) is 33.8 Å².